The van der Waals surface area contributed by atoms with Gasteiger partial charge in [0.05, 0.1) is 0 Å². The van der Waals surface area contributed by atoms with Crippen molar-refractivity contribution in [3.05, 3.63) is 0 Å². The van der Waals surface area contributed by atoms with Gasteiger partial charge in [0.15, 0.2) is 0 Å². The quantitative estimate of drug-likeness (QED) is 0.596. The van der Waals surface area contributed by atoms with Crippen molar-refractivity contribution < 1.29 is 0 Å². The molecule has 0 spiro atoms. The van der Waals surface area contributed by atoms with Crippen LogP contribution >= 0.6 is 11.6 Å². The zero-order valence-electron chi connectivity index (χ0n) is 7.35. The third kappa shape index (κ3) is 3.00. The van der Waals surface area contributed by atoms with Crippen LogP contribution in [0.25, 0.3) is 0 Å². The average molecular weight is 176 g/mol. The first-order valence-electron chi connectivity index (χ1n) is 4.65. The van der Waals surface area contributed by atoms with Crippen molar-refractivity contribution in [2.45, 2.75) is 26.2 Å². The molecule has 1 saturated heterocycles. The van der Waals surface area contributed by atoms with E-state index in [1.54, 1.807) is 0 Å². The van der Waals surface area contributed by atoms with Gasteiger partial charge >= 0.3 is 0 Å². The summed E-state index contributed by atoms with van der Waals surface area (Å²) in [6, 6.07) is 0. The summed E-state index contributed by atoms with van der Waals surface area (Å²) in [5.41, 5.74) is 0. The van der Waals surface area contributed by atoms with Crippen LogP contribution in [0.2, 0.25) is 0 Å². The van der Waals surface area contributed by atoms with Crippen LogP contribution in [0.1, 0.15) is 26.2 Å². The largest absolute Gasteiger partial charge is 0.302 e. The molecule has 66 valence electrons. The third-order valence-corrected chi connectivity index (χ3v) is 2.75. The lowest BCUT2D eigenvalue weighted by atomic mass is 9.96. The maximum Gasteiger partial charge on any atom is 0.0351 e. The molecule has 0 aromatic heterocycles. The van der Waals surface area contributed by atoms with Crippen molar-refractivity contribution in [2.24, 2.45) is 5.92 Å². The maximum absolute atomic E-state index is 5.68. The van der Waals surface area contributed by atoms with Crippen LogP contribution in [-0.4, -0.2) is 30.4 Å². The predicted octanol–water partition coefficient (Wildman–Crippen LogP) is 2.35. The van der Waals surface area contributed by atoms with Gasteiger partial charge in [0, 0.05) is 19.0 Å². The number of rotatable bonds is 3. The van der Waals surface area contributed by atoms with Crippen molar-refractivity contribution in [2.75, 3.05) is 25.5 Å². The Labute approximate surface area is 74.7 Å². The van der Waals surface area contributed by atoms with E-state index in [4.69, 9.17) is 11.6 Å². The standard InChI is InChI=1S/C9H18ClN/c1-2-9-4-3-6-11(8-9)7-5-10/h9H,2-8H2,1H3/t9-/m0/s1. The number of hydrogen-bond donors (Lipinski definition) is 0. The van der Waals surface area contributed by atoms with E-state index in [1.807, 2.05) is 0 Å². The topological polar surface area (TPSA) is 3.24 Å². The van der Waals surface area contributed by atoms with Gasteiger partial charge in [-0.05, 0) is 25.3 Å². The Morgan fingerprint density at radius 3 is 3.00 bits per heavy atom. The van der Waals surface area contributed by atoms with E-state index in [0.29, 0.717) is 0 Å². The zero-order chi connectivity index (χ0) is 8.10. The molecule has 1 heterocycles. The highest BCUT2D eigenvalue weighted by Crippen LogP contribution is 2.18. The Balaban J connectivity index is 2.21. The van der Waals surface area contributed by atoms with Crippen LogP contribution in [0.15, 0.2) is 0 Å². The summed E-state index contributed by atoms with van der Waals surface area (Å²) in [5.74, 6) is 1.73. The molecule has 1 atom stereocenters. The molecule has 1 fully saturated rings. The van der Waals surface area contributed by atoms with Crippen molar-refractivity contribution >= 4 is 11.6 Å². The van der Waals surface area contributed by atoms with Crippen LogP contribution in [0, 0.1) is 5.92 Å². The average Bonchev–Trinajstić information content (AvgIpc) is 2.06. The van der Waals surface area contributed by atoms with Gasteiger partial charge in [-0.3, -0.25) is 0 Å². The van der Waals surface area contributed by atoms with Gasteiger partial charge in [-0.2, -0.15) is 0 Å². The van der Waals surface area contributed by atoms with E-state index in [-0.39, 0.29) is 0 Å². The summed E-state index contributed by atoms with van der Waals surface area (Å²) < 4.78 is 0. The number of piperidine rings is 1. The second-order valence-corrected chi connectivity index (χ2v) is 3.78. The molecular weight excluding hydrogens is 158 g/mol. The lowest BCUT2D eigenvalue weighted by Gasteiger charge is -2.31. The number of alkyl halides is 1. The number of halogens is 1. The molecule has 0 bridgehead atoms. The summed E-state index contributed by atoms with van der Waals surface area (Å²) in [4.78, 5) is 2.49. The van der Waals surface area contributed by atoms with E-state index in [9.17, 15) is 0 Å². The van der Waals surface area contributed by atoms with Crippen LogP contribution in [0.5, 0.6) is 0 Å². The molecule has 0 saturated carbocycles. The van der Waals surface area contributed by atoms with Crippen LogP contribution in [-0.2, 0) is 0 Å². The Bertz CT molecular complexity index is 104. The normalized spacial score (nSPS) is 27.3. The van der Waals surface area contributed by atoms with Gasteiger partial charge in [0.25, 0.3) is 0 Å². The fourth-order valence-corrected chi connectivity index (χ4v) is 2.05. The number of likely N-dealkylation sites (tertiary alicyclic amines) is 1. The zero-order valence-corrected chi connectivity index (χ0v) is 8.11. The van der Waals surface area contributed by atoms with Gasteiger partial charge in [-0.15, -0.1) is 11.6 Å². The second-order valence-electron chi connectivity index (χ2n) is 3.41. The molecule has 1 nitrogen and oxygen atoms in total. The first-order chi connectivity index (χ1) is 5.36. The van der Waals surface area contributed by atoms with E-state index in [1.165, 1.54) is 32.4 Å². The van der Waals surface area contributed by atoms with E-state index in [2.05, 4.69) is 11.8 Å². The highest BCUT2D eigenvalue weighted by molar-refractivity contribution is 6.18. The third-order valence-electron chi connectivity index (χ3n) is 2.58. The molecule has 0 N–H and O–H groups in total. The van der Waals surface area contributed by atoms with Gasteiger partial charge < -0.3 is 4.90 Å². The highest BCUT2D eigenvalue weighted by atomic mass is 35.5. The summed E-state index contributed by atoms with van der Waals surface area (Å²) in [6.07, 6.45) is 4.13. The molecule has 1 aliphatic heterocycles. The molecule has 1 rings (SSSR count). The maximum atomic E-state index is 5.68. The van der Waals surface area contributed by atoms with E-state index >= 15 is 0 Å². The molecule has 0 aromatic rings. The van der Waals surface area contributed by atoms with Crippen molar-refractivity contribution in [1.29, 1.82) is 0 Å². The molecule has 1 aliphatic rings. The minimum absolute atomic E-state index is 0.788. The van der Waals surface area contributed by atoms with Crippen molar-refractivity contribution in [1.82, 2.24) is 4.90 Å². The monoisotopic (exact) mass is 175 g/mol. The molecule has 11 heavy (non-hydrogen) atoms. The first-order valence-corrected chi connectivity index (χ1v) is 5.18. The van der Waals surface area contributed by atoms with E-state index in [0.717, 1.165) is 18.3 Å². The predicted molar refractivity (Wildman–Crippen MR) is 50.2 cm³/mol. The fraction of sp³-hybridized carbons (Fsp3) is 1.00. The number of nitrogens with zero attached hydrogens (tertiary/aromatic N) is 1. The van der Waals surface area contributed by atoms with Gasteiger partial charge in [-0.1, -0.05) is 13.3 Å². The molecule has 0 radical (unpaired) electrons. The highest BCUT2D eigenvalue weighted by Gasteiger charge is 2.16. The molecule has 0 amide bonds. The summed E-state index contributed by atoms with van der Waals surface area (Å²) in [5, 5.41) is 0. The summed E-state index contributed by atoms with van der Waals surface area (Å²) in [7, 11) is 0. The van der Waals surface area contributed by atoms with Gasteiger partial charge in [-0.25, -0.2) is 0 Å². The van der Waals surface area contributed by atoms with Gasteiger partial charge in [0.1, 0.15) is 0 Å². The SMILES string of the molecule is CC[C@H]1CCCN(CCCl)C1. The molecule has 0 aliphatic carbocycles. The van der Waals surface area contributed by atoms with Gasteiger partial charge in [0.2, 0.25) is 0 Å². The molecule has 0 aromatic carbocycles. The Hall–Kier alpha value is 0.250. The van der Waals surface area contributed by atoms with E-state index < -0.39 is 0 Å². The smallest absolute Gasteiger partial charge is 0.0351 e. The first kappa shape index (κ1) is 9.34. The fourth-order valence-electron chi connectivity index (χ4n) is 1.81. The minimum Gasteiger partial charge on any atom is -0.302 e. The lowest BCUT2D eigenvalue weighted by Crippen LogP contribution is -2.36. The Kier molecular flexibility index (Phi) is 4.24. The minimum atomic E-state index is 0.788. The summed E-state index contributed by atoms with van der Waals surface area (Å²) >= 11 is 5.68. The Morgan fingerprint density at radius 1 is 1.55 bits per heavy atom. The van der Waals surface area contributed by atoms with Crippen LogP contribution < -0.4 is 0 Å². The molecule has 2 heteroatoms. The molecule has 0 unspecified atom stereocenters. The second kappa shape index (κ2) is 5.00. The molecular formula is C9H18ClN. The van der Waals surface area contributed by atoms with Crippen molar-refractivity contribution in [3.63, 3.8) is 0 Å². The lowest BCUT2D eigenvalue weighted by molar-refractivity contribution is 0.180. The number of hydrogen-bond acceptors (Lipinski definition) is 1. The Morgan fingerprint density at radius 2 is 2.36 bits per heavy atom. The van der Waals surface area contributed by atoms with Crippen LogP contribution in [0.3, 0.4) is 0 Å². The summed E-state index contributed by atoms with van der Waals surface area (Å²) in [6.45, 7) is 5.92. The van der Waals surface area contributed by atoms with Crippen LogP contribution in [0.4, 0.5) is 0 Å². The van der Waals surface area contributed by atoms with Crippen molar-refractivity contribution in [3.8, 4) is 0 Å².